The van der Waals surface area contributed by atoms with Gasteiger partial charge in [0.05, 0.1) is 5.60 Å². The Morgan fingerprint density at radius 2 is 1.77 bits per heavy atom. The molecule has 160 valence electrons. The third-order valence-corrected chi connectivity index (χ3v) is 5.84. The number of carbonyl (C=O) groups is 2. The van der Waals surface area contributed by atoms with Gasteiger partial charge in [-0.15, -0.1) is 0 Å². The van der Waals surface area contributed by atoms with Crippen LogP contribution in [-0.4, -0.2) is 41.0 Å². The lowest BCUT2D eigenvalue weighted by molar-refractivity contribution is -0.138. The molecular weight excluding hydrogens is 407 g/mol. The third-order valence-electron chi connectivity index (χ3n) is 5.59. The van der Waals surface area contributed by atoms with E-state index in [1.165, 1.54) is 18.2 Å². The van der Waals surface area contributed by atoms with Crippen LogP contribution in [0.3, 0.4) is 0 Å². The molecule has 1 aliphatic rings. The van der Waals surface area contributed by atoms with Crippen molar-refractivity contribution in [2.24, 2.45) is 5.92 Å². The van der Waals surface area contributed by atoms with Crippen LogP contribution in [0.1, 0.15) is 42.6 Å². The standard InChI is InChI=1S/C23H26ClFN2O3/c1-15(2)20(26-21(28)16-4-3-5-19(25)14-16)22(29)27-12-10-23(30,11-13-27)17-6-8-18(24)9-7-17/h3-9,14-15,20,30H,10-13H2,1-2H3,(H,26,28)/t20-/m1/s1. The van der Waals surface area contributed by atoms with Crippen molar-refractivity contribution < 1.29 is 19.1 Å². The molecule has 0 spiro atoms. The number of nitrogens with zero attached hydrogens (tertiary/aromatic N) is 1. The second kappa shape index (κ2) is 9.14. The van der Waals surface area contributed by atoms with E-state index in [9.17, 15) is 19.1 Å². The quantitative estimate of drug-likeness (QED) is 0.756. The van der Waals surface area contributed by atoms with Gasteiger partial charge in [-0.25, -0.2) is 4.39 Å². The van der Waals surface area contributed by atoms with Crippen molar-refractivity contribution in [1.29, 1.82) is 0 Å². The molecular formula is C23H26ClFN2O3. The molecule has 0 aliphatic carbocycles. The lowest BCUT2D eigenvalue weighted by Gasteiger charge is -2.40. The Morgan fingerprint density at radius 3 is 2.33 bits per heavy atom. The maximum Gasteiger partial charge on any atom is 0.252 e. The molecule has 0 aromatic heterocycles. The predicted molar refractivity (Wildman–Crippen MR) is 114 cm³/mol. The van der Waals surface area contributed by atoms with E-state index in [2.05, 4.69) is 5.32 Å². The molecule has 0 unspecified atom stereocenters. The smallest absolute Gasteiger partial charge is 0.252 e. The van der Waals surface area contributed by atoms with Gasteiger partial charge >= 0.3 is 0 Å². The van der Waals surface area contributed by atoms with E-state index < -0.39 is 23.4 Å². The minimum absolute atomic E-state index is 0.146. The number of benzene rings is 2. The molecule has 2 aromatic rings. The molecule has 30 heavy (non-hydrogen) atoms. The first-order chi connectivity index (χ1) is 14.2. The van der Waals surface area contributed by atoms with Crippen molar-refractivity contribution in [3.05, 3.63) is 70.5 Å². The second-order valence-electron chi connectivity index (χ2n) is 8.07. The van der Waals surface area contributed by atoms with E-state index in [0.717, 1.165) is 11.6 Å². The molecule has 1 atom stereocenters. The van der Waals surface area contributed by atoms with Crippen LogP contribution in [0.25, 0.3) is 0 Å². The van der Waals surface area contributed by atoms with Gasteiger partial charge < -0.3 is 15.3 Å². The first-order valence-electron chi connectivity index (χ1n) is 10.0. The number of piperidine rings is 1. The molecule has 2 amide bonds. The van der Waals surface area contributed by atoms with Gasteiger partial charge in [-0.3, -0.25) is 9.59 Å². The number of halogens is 2. The summed E-state index contributed by atoms with van der Waals surface area (Å²) in [7, 11) is 0. The van der Waals surface area contributed by atoms with Crippen LogP contribution in [0, 0.1) is 11.7 Å². The van der Waals surface area contributed by atoms with Crippen LogP contribution in [0.5, 0.6) is 0 Å². The van der Waals surface area contributed by atoms with E-state index in [0.29, 0.717) is 31.0 Å². The first kappa shape index (κ1) is 22.2. The second-order valence-corrected chi connectivity index (χ2v) is 8.51. The topological polar surface area (TPSA) is 69.6 Å². The largest absolute Gasteiger partial charge is 0.385 e. The summed E-state index contributed by atoms with van der Waals surface area (Å²) < 4.78 is 13.4. The van der Waals surface area contributed by atoms with Gasteiger partial charge in [0.25, 0.3) is 5.91 Å². The van der Waals surface area contributed by atoms with Crippen LogP contribution in [0.15, 0.2) is 48.5 Å². The van der Waals surface area contributed by atoms with Gasteiger partial charge in [0.2, 0.25) is 5.91 Å². The molecule has 7 heteroatoms. The summed E-state index contributed by atoms with van der Waals surface area (Å²) in [4.78, 5) is 27.3. The number of rotatable bonds is 5. The Morgan fingerprint density at radius 1 is 1.13 bits per heavy atom. The predicted octanol–water partition coefficient (Wildman–Crippen LogP) is 3.74. The fourth-order valence-corrected chi connectivity index (χ4v) is 3.84. The van der Waals surface area contributed by atoms with E-state index in [4.69, 9.17) is 11.6 Å². The molecule has 1 fully saturated rings. The highest BCUT2D eigenvalue weighted by Crippen LogP contribution is 2.33. The average molecular weight is 433 g/mol. The average Bonchev–Trinajstić information content (AvgIpc) is 2.72. The Hall–Kier alpha value is -2.44. The van der Waals surface area contributed by atoms with Crippen LogP contribution < -0.4 is 5.32 Å². The van der Waals surface area contributed by atoms with E-state index in [1.807, 2.05) is 13.8 Å². The molecule has 3 rings (SSSR count). The highest BCUT2D eigenvalue weighted by molar-refractivity contribution is 6.30. The molecule has 0 radical (unpaired) electrons. The van der Waals surface area contributed by atoms with Crippen LogP contribution in [-0.2, 0) is 10.4 Å². The van der Waals surface area contributed by atoms with Crippen LogP contribution in [0.4, 0.5) is 4.39 Å². The summed E-state index contributed by atoms with van der Waals surface area (Å²) in [6, 6.07) is 11.7. The number of amides is 2. The molecule has 2 N–H and O–H groups in total. The van der Waals surface area contributed by atoms with Crippen molar-refractivity contribution in [2.75, 3.05) is 13.1 Å². The van der Waals surface area contributed by atoms with E-state index in [-0.39, 0.29) is 17.4 Å². The lowest BCUT2D eigenvalue weighted by Crippen LogP contribution is -2.54. The summed E-state index contributed by atoms with van der Waals surface area (Å²) in [5.41, 5.74) is -0.0671. The zero-order chi connectivity index (χ0) is 21.9. The monoisotopic (exact) mass is 432 g/mol. The fraction of sp³-hybridized carbons (Fsp3) is 0.391. The van der Waals surface area contributed by atoms with Gasteiger partial charge in [0, 0.05) is 23.7 Å². The number of nitrogens with one attached hydrogen (secondary N) is 1. The highest BCUT2D eigenvalue weighted by atomic mass is 35.5. The number of hydrogen-bond acceptors (Lipinski definition) is 3. The van der Waals surface area contributed by atoms with Gasteiger partial charge in [-0.2, -0.15) is 0 Å². The molecule has 0 saturated carbocycles. The summed E-state index contributed by atoms with van der Waals surface area (Å²) in [6.45, 7) is 4.44. The Labute approximate surface area is 180 Å². The molecule has 2 aromatic carbocycles. The Kier molecular flexibility index (Phi) is 6.78. The van der Waals surface area contributed by atoms with Crippen LogP contribution >= 0.6 is 11.6 Å². The Bertz CT molecular complexity index is 909. The maximum absolute atomic E-state index is 13.4. The molecule has 1 saturated heterocycles. The zero-order valence-electron chi connectivity index (χ0n) is 17.1. The first-order valence-corrected chi connectivity index (χ1v) is 10.4. The molecule has 1 aliphatic heterocycles. The van der Waals surface area contributed by atoms with Crippen LogP contribution in [0.2, 0.25) is 5.02 Å². The van der Waals surface area contributed by atoms with Gasteiger partial charge in [-0.05, 0) is 54.7 Å². The zero-order valence-corrected chi connectivity index (χ0v) is 17.8. The normalized spacial score (nSPS) is 16.9. The van der Waals surface area contributed by atoms with Crippen molar-refractivity contribution in [3.63, 3.8) is 0 Å². The summed E-state index contributed by atoms with van der Waals surface area (Å²) in [6.07, 6.45) is 0.784. The molecule has 5 nitrogen and oxygen atoms in total. The number of carbonyl (C=O) groups excluding carboxylic acids is 2. The van der Waals surface area contributed by atoms with Crippen molar-refractivity contribution >= 4 is 23.4 Å². The molecule has 0 bridgehead atoms. The molecule has 1 heterocycles. The SMILES string of the molecule is CC(C)[C@@H](NC(=O)c1cccc(F)c1)C(=O)N1CCC(O)(c2ccc(Cl)cc2)CC1. The third kappa shape index (κ3) is 4.99. The van der Waals surface area contributed by atoms with Crippen molar-refractivity contribution in [3.8, 4) is 0 Å². The van der Waals surface area contributed by atoms with Crippen molar-refractivity contribution in [2.45, 2.75) is 38.3 Å². The number of aliphatic hydroxyl groups is 1. The van der Waals surface area contributed by atoms with Crippen molar-refractivity contribution in [1.82, 2.24) is 10.2 Å². The Balaban J connectivity index is 1.66. The summed E-state index contributed by atoms with van der Waals surface area (Å²) >= 11 is 5.93. The minimum Gasteiger partial charge on any atom is -0.385 e. The van der Waals surface area contributed by atoms with Gasteiger partial charge in [0.1, 0.15) is 11.9 Å². The van der Waals surface area contributed by atoms with Gasteiger partial charge in [0.15, 0.2) is 0 Å². The number of likely N-dealkylation sites (tertiary alicyclic amines) is 1. The highest BCUT2D eigenvalue weighted by Gasteiger charge is 2.38. The lowest BCUT2D eigenvalue weighted by atomic mass is 9.84. The number of hydrogen-bond donors (Lipinski definition) is 2. The maximum atomic E-state index is 13.4. The minimum atomic E-state index is -1.01. The van der Waals surface area contributed by atoms with Gasteiger partial charge in [-0.1, -0.05) is 43.6 Å². The summed E-state index contributed by atoms with van der Waals surface area (Å²) in [5, 5.41) is 14.4. The van der Waals surface area contributed by atoms with E-state index >= 15 is 0 Å². The summed E-state index contributed by atoms with van der Waals surface area (Å²) in [5.74, 6) is -1.34. The fourth-order valence-electron chi connectivity index (χ4n) is 3.71. The van der Waals surface area contributed by atoms with E-state index in [1.54, 1.807) is 29.2 Å².